The van der Waals surface area contributed by atoms with Gasteiger partial charge in [0.15, 0.2) is 0 Å². The Bertz CT molecular complexity index is 727. The standard InChI is InChI=1S/C16H18F3NO2/c1-9(2)20-12(15(3,4)14(21)22)8-10-6-5-7-11(13(10)20)16(17,18)19/h5-9H,1-4H3,(H,21,22). The molecule has 1 N–H and O–H groups in total. The number of carboxylic acids is 1. The van der Waals surface area contributed by atoms with Crippen molar-refractivity contribution in [1.29, 1.82) is 0 Å². The topological polar surface area (TPSA) is 42.2 Å². The number of rotatable bonds is 3. The first-order chi connectivity index (χ1) is 9.98. The van der Waals surface area contributed by atoms with Gasteiger partial charge in [-0.05, 0) is 39.8 Å². The molecule has 0 unspecified atom stereocenters. The van der Waals surface area contributed by atoms with Crippen molar-refractivity contribution in [3.05, 3.63) is 35.5 Å². The predicted octanol–water partition coefficient (Wildman–Crippen LogP) is 4.60. The van der Waals surface area contributed by atoms with Crippen LogP contribution in [0.5, 0.6) is 0 Å². The average Bonchev–Trinajstić information content (AvgIpc) is 2.76. The highest BCUT2D eigenvalue weighted by molar-refractivity contribution is 5.89. The summed E-state index contributed by atoms with van der Waals surface area (Å²) in [5.74, 6) is -1.08. The summed E-state index contributed by atoms with van der Waals surface area (Å²) in [5, 5.41) is 9.82. The van der Waals surface area contributed by atoms with E-state index in [1.807, 2.05) is 0 Å². The molecule has 22 heavy (non-hydrogen) atoms. The van der Waals surface area contributed by atoms with Gasteiger partial charge in [-0.3, -0.25) is 4.79 Å². The third kappa shape index (κ3) is 2.46. The third-order valence-corrected chi connectivity index (χ3v) is 3.86. The molecule has 3 nitrogen and oxygen atoms in total. The monoisotopic (exact) mass is 313 g/mol. The lowest BCUT2D eigenvalue weighted by atomic mass is 9.89. The normalized spacial score (nSPS) is 13.1. The third-order valence-electron chi connectivity index (χ3n) is 3.86. The molecule has 0 aliphatic rings. The van der Waals surface area contributed by atoms with Crippen LogP contribution >= 0.6 is 0 Å². The average molecular weight is 313 g/mol. The molecule has 0 spiro atoms. The Morgan fingerprint density at radius 1 is 1.23 bits per heavy atom. The highest BCUT2D eigenvalue weighted by Crippen LogP contribution is 2.40. The fourth-order valence-electron chi connectivity index (χ4n) is 2.64. The Labute approximate surface area is 126 Å². The first-order valence-electron chi connectivity index (χ1n) is 6.93. The second-order valence-corrected chi connectivity index (χ2v) is 6.16. The van der Waals surface area contributed by atoms with Crippen molar-refractivity contribution in [3.8, 4) is 0 Å². The Morgan fingerprint density at radius 2 is 1.82 bits per heavy atom. The Kier molecular flexibility index (Phi) is 3.75. The molecule has 2 rings (SSSR count). The zero-order valence-corrected chi connectivity index (χ0v) is 12.8. The van der Waals surface area contributed by atoms with Crippen LogP contribution in [0.4, 0.5) is 13.2 Å². The maximum absolute atomic E-state index is 13.3. The second kappa shape index (κ2) is 5.04. The number of fused-ring (bicyclic) bond motifs is 1. The second-order valence-electron chi connectivity index (χ2n) is 6.16. The van der Waals surface area contributed by atoms with Gasteiger partial charge in [-0.1, -0.05) is 12.1 Å². The number of nitrogens with zero attached hydrogens (tertiary/aromatic N) is 1. The molecule has 0 saturated carbocycles. The molecule has 0 fully saturated rings. The summed E-state index contributed by atoms with van der Waals surface area (Å²) in [6.45, 7) is 6.48. The summed E-state index contributed by atoms with van der Waals surface area (Å²) in [5.41, 5.74) is -1.63. The number of hydrogen-bond acceptors (Lipinski definition) is 1. The SMILES string of the molecule is CC(C)n1c(C(C)(C)C(=O)O)cc2cccc(C(F)(F)F)c21. The van der Waals surface area contributed by atoms with Gasteiger partial charge < -0.3 is 9.67 Å². The van der Waals surface area contributed by atoms with Gasteiger partial charge in [0.05, 0.1) is 11.1 Å². The van der Waals surface area contributed by atoms with Crippen LogP contribution in [0.15, 0.2) is 24.3 Å². The van der Waals surface area contributed by atoms with Crippen LogP contribution in [0, 0.1) is 0 Å². The molecule has 0 bridgehead atoms. The van der Waals surface area contributed by atoms with Crippen molar-refractivity contribution in [2.45, 2.75) is 45.3 Å². The van der Waals surface area contributed by atoms with Crippen molar-refractivity contribution in [2.75, 3.05) is 0 Å². The lowest BCUT2D eigenvalue weighted by molar-refractivity contribution is -0.142. The number of hydrogen-bond donors (Lipinski definition) is 1. The van der Waals surface area contributed by atoms with Gasteiger partial charge in [0, 0.05) is 17.1 Å². The zero-order chi connectivity index (χ0) is 16.9. The molecule has 1 aromatic heterocycles. The van der Waals surface area contributed by atoms with E-state index in [2.05, 4.69) is 0 Å². The minimum absolute atomic E-state index is 0.0364. The summed E-state index contributed by atoms with van der Waals surface area (Å²) in [4.78, 5) is 11.5. The molecule has 0 radical (unpaired) electrons. The first kappa shape index (κ1) is 16.4. The molecule has 6 heteroatoms. The van der Waals surface area contributed by atoms with E-state index in [1.54, 1.807) is 26.0 Å². The molecular weight excluding hydrogens is 295 g/mol. The molecule has 0 saturated heterocycles. The van der Waals surface area contributed by atoms with Crippen molar-refractivity contribution >= 4 is 16.9 Å². The van der Waals surface area contributed by atoms with Crippen molar-refractivity contribution < 1.29 is 23.1 Å². The summed E-state index contributed by atoms with van der Waals surface area (Å²) in [6, 6.07) is 5.19. The summed E-state index contributed by atoms with van der Waals surface area (Å²) in [6.07, 6.45) is -4.49. The maximum Gasteiger partial charge on any atom is 0.418 e. The Hall–Kier alpha value is -1.98. The maximum atomic E-state index is 13.3. The number of halogens is 3. The number of carbonyl (C=O) groups is 1. The molecule has 120 valence electrons. The van der Waals surface area contributed by atoms with E-state index in [0.717, 1.165) is 6.07 Å². The Balaban J connectivity index is 2.93. The number of benzene rings is 1. The van der Waals surface area contributed by atoms with Gasteiger partial charge in [-0.2, -0.15) is 13.2 Å². The van der Waals surface area contributed by atoms with Gasteiger partial charge >= 0.3 is 12.1 Å². The van der Waals surface area contributed by atoms with Crippen LogP contribution in [-0.4, -0.2) is 15.6 Å². The minimum Gasteiger partial charge on any atom is -0.481 e. The summed E-state index contributed by atoms with van der Waals surface area (Å²) in [7, 11) is 0. The van der Waals surface area contributed by atoms with Gasteiger partial charge in [0.2, 0.25) is 0 Å². The molecule has 2 aromatic rings. The number of aliphatic carboxylic acids is 1. The fraction of sp³-hybridized carbons (Fsp3) is 0.438. The van der Waals surface area contributed by atoms with E-state index in [9.17, 15) is 23.1 Å². The molecule has 1 aromatic carbocycles. The molecule has 0 aliphatic heterocycles. The van der Waals surface area contributed by atoms with Crippen LogP contribution in [0.2, 0.25) is 0 Å². The van der Waals surface area contributed by atoms with E-state index in [4.69, 9.17) is 0 Å². The van der Waals surface area contributed by atoms with Crippen molar-refractivity contribution in [2.24, 2.45) is 0 Å². The highest BCUT2D eigenvalue weighted by Gasteiger charge is 2.38. The van der Waals surface area contributed by atoms with E-state index in [-0.39, 0.29) is 11.6 Å². The van der Waals surface area contributed by atoms with Crippen LogP contribution in [0.25, 0.3) is 10.9 Å². The van der Waals surface area contributed by atoms with E-state index in [1.165, 1.54) is 24.5 Å². The lowest BCUT2D eigenvalue weighted by Gasteiger charge is -2.25. The van der Waals surface area contributed by atoms with E-state index < -0.39 is 23.1 Å². The molecular formula is C16H18F3NO2. The first-order valence-corrected chi connectivity index (χ1v) is 6.93. The minimum atomic E-state index is -4.49. The highest BCUT2D eigenvalue weighted by atomic mass is 19.4. The van der Waals surface area contributed by atoms with Crippen LogP contribution < -0.4 is 0 Å². The van der Waals surface area contributed by atoms with Crippen molar-refractivity contribution in [3.63, 3.8) is 0 Å². The van der Waals surface area contributed by atoms with Gasteiger partial charge in [0.1, 0.15) is 5.41 Å². The molecule has 0 amide bonds. The summed E-state index contributed by atoms with van der Waals surface area (Å²) >= 11 is 0. The number of carboxylic acid groups (broad SMARTS) is 1. The summed E-state index contributed by atoms with van der Waals surface area (Å²) < 4.78 is 41.4. The Morgan fingerprint density at radius 3 is 2.27 bits per heavy atom. The molecule has 0 atom stereocenters. The lowest BCUT2D eigenvalue weighted by Crippen LogP contribution is -2.31. The number of aromatic nitrogens is 1. The van der Waals surface area contributed by atoms with E-state index in [0.29, 0.717) is 11.1 Å². The van der Waals surface area contributed by atoms with E-state index >= 15 is 0 Å². The van der Waals surface area contributed by atoms with Crippen LogP contribution in [0.1, 0.15) is 45.0 Å². The van der Waals surface area contributed by atoms with Crippen LogP contribution in [0.3, 0.4) is 0 Å². The van der Waals surface area contributed by atoms with Crippen molar-refractivity contribution in [1.82, 2.24) is 4.57 Å². The van der Waals surface area contributed by atoms with Gasteiger partial charge in [-0.15, -0.1) is 0 Å². The smallest absolute Gasteiger partial charge is 0.418 e. The quantitative estimate of drug-likeness (QED) is 0.899. The van der Waals surface area contributed by atoms with Crippen LogP contribution in [-0.2, 0) is 16.4 Å². The predicted molar refractivity (Wildman–Crippen MR) is 78.0 cm³/mol. The fourth-order valence-corrected chi connectivity index (χ4v) is 2.64. The molecule has 0 aliphatic carbocycles. The number of para-hydroxylation sites is 1. The van der Waals surface area contributed by atoms with Gasteiger partial charge in [-0.25, -0.2) is 0 Å². The number of alkyl halides is 3. The zero-order valence-electron chi connectivity index (χ0n) is 12.8. The van der Waals surface area contributed by atoms with Gasteiger partial charge in [0.25, 0.3) is 0 Å². The largest absolute Gasteiger partial charge is 0.481 e. The molecule has 1 heterocycles.